The van der Waals surface area contributed by atoms with E-state index in [0.717, 1.165) is 15.9 Å². The van der Waals surface area contributed by atoms with Crippen LogP contribution < -0.4 is 20.5 Å². The van der Waals surface area contributed by atoms with Gasteiger partial charge in [-0.05, 0) is 31.1 Å². The second-order valence-electron chi connectivity index (χ2n) is 8.50. The number of non-ortho nitro benzene ring substituents is 2. The first kappa shape index (κ1) is 27.0. The number of hydrogen-bond acceptors (Lipinski definition) is 9. The highest BCUT2D eigenvalue weighted by Gasteiger charge is 2.37. The first-order valence-corrected chi connectivity index (χ1v) is 12.6. The van der Waals surface area contributed by atoms with Crippen LogP contribution in [0.15, 0.2) is 58.9 Å². The van der Waals surface area contributed by atoms with E-state index in [-0.39, 0.29) is 37.5 Å². The number of rotatable bonds is 7. The molecule has 0 radical (unpaired) electrons. The molecule has 13 heteroatoms. The molecule has 1 atom stereocenters. The molecule has 0 saturated carbocycles. The minimum Gasteiger partial charge on any atom is -0.384 e. The van der Waals surface area contributed by atoms with Crippen LogP contribution in [-0.4, -0.2) is 38.3 Å². The van der Waals surface area contributed by atoms with Gasteiger partial charge in [0.2, 0.25) is 0 Å². The van der Waals surface area contributed by atoms with Gasteiger partial charge < -0.3 is 10.6 Å². The molecule has 0 spiro atoms. The van der Waals surface area contributed by atoms with Gasteiger partial charge in [0.25, 0.3) is 22.8 Å². The Morgan fingerprint density at radius 1 is 1.13 bits per heavy atom. The topological polar surface area (TPSA) is 178 Å². The maximum atomic E-state index is 13.9. The molecule has 2 heterocycles. The summed E-state index contributed by atoms with van der Waals surface area (Å²) >= 11 is 0.954. The number of allylic oxidation sites excluding steroid dienone is 1. The summed E-state index contributed by atoms with van der Waals surface area (Å²) in [5, 5.41) is 32.8. The van der Waals surface area contributed by atoms with Crippen LogP contribution in [0.2, 0.25) is 0 Å². The molecule has 0 saturated heterocycles. The minimum absolute atomic E-state index is 0.0886. The van der Waals surface area contributed by atoms with E-state index < -0.39 is 27.2 Å². The van der Waals surface area contributed by atoms with Crippen LogP contribution in [0.5, 0.6) is 0 Å². The Bertz CT molecular complexity index is 1780. The van der Waals surface area contributed by atoms with Crippen LogP contribution in [0.1, 0.15) is 30.9 Å². The second kappa shape index (κ2) is 10.7. The Kier molecular flexibility index (Phi) is 7.41. The average molecular weight is 547 g/mol. The molecule has 1 aliphatic rings. The van der Waals surface area contributed by atoms with Crippen molar-refractivity contribution in [2.24, 2.45) is 5.73 Å². The summed E-state index contributed by atoms with van der Waals surface area (Å²) in [6.07, 6.45) is 1.45. The van der Waals surface area contributed by atoms with Gasteiger partial charge in [0.15, 0.2) is 0 Å². The van der Waals surface area contributed by atoms with E-state index in [9.17, 15) is 35.1 Å². The van der Waals surface area contributed by atoms with Gasteiger partial charge in [0.1, 0.15) is 10.5 Å². The number of nitrogens with zero attached hydrogens (tertiary/aromatic N) is 5. The number of nitro groups is 2. The van der Waals surface area contributed by atoms with Gasteiger partial charge in [0, 0.05) is 37.4 Å². The third-order valence-electron chi connectivity index (χ3n) is 6.34. The maximum absolute atomic E-state index is 13.9. The average Bonchev–Trinajstić information content (AvgIpc) is 3.24. The van der Waals surface area contributed by atoms with Gasteiger partial charge >= 0.3 is 0 Å². The SMILES string of the molecule is CCN(CC)C(=O)C1=c2s/c(=C/c3cccc([N+](=O)[O-])c3)c(=O)n2C(N)=C(C#N)C1c1cccc([N+](=O)[O-])c1. The van der Waals surface area contributed by atoms with Crippen LogP contribution in [-0.2, 0) is 4.79 Å². The van der Waals surface area contributed by atoms with E-state index in [1.165, 1.54) is 47.4 Å². The summed E-state index contributed by atoms with van der Waals surface area (Å²) in [5.41, 5.74) is 6.04. The molecule has 1 aromatic heterocycles. The third kappa shape index (κ3) is 4.80. The van der Waals surface area contributed by atoms with Crippen molar-refractivity contribution in [3.8, 4) is 6.07 Å². The number of benzene rings is 2. The Hall–Kier alpha value is -5.09. The van der Waals surface area contributed by atoms with E-state index in [2.05, 4.69) is 0 Å². The van der Waals surface area contributed by atoms with Crippen molar-refractivity contribution in [1.82, 2.24) is 9.47 Å². The van der Waals surface area contributed by atoms with Crippen LogP contribution in [0.4, 0.5) is 11.4 Å². The van der Waals surface area contributed by atoms with Crippen LogP contribution in [0.3, 0.4) is 0 Å². The van der Waals surface area contributed by atoms with Gasteiger partial charge in [-0.1, -0.05) is 24.3 Å². The molecule has 0 bridgehead atoms. The zero-order valence-electron chi connectivity index (χ0n) is 20.9. The molecule has 2 N–H and O–H groups in total. The molecule has 0 aliphatic carbocycles. The van der Waals surface area contributed by atoms with E-state index in [1.807, 2.05) is 6.07 Å². The zero-order chi connectivity index (χ0) is 28.4. The summed E-state index contributed by atoms with van der Waals surface area (Å²) < 4.78 is 1.41. The predicted octanol–water partition coefficient (Wildman–Crippen LogP) is 2.02. The minimum atomic E-state index is -1.06. The Labute approximate surface area is 225 Å². The molecule has 3 aromatic rings. The van der Waals surface area contributed by atoms with Crippen molar-refractivity contribution in [2.45, 2.75) is 19.8 Å². The number of nitro benzene ring substituents is 2. The molecule has 198 valence electrons. The number of nitriles is 1. The quantitative estimate of drug-likeness (QED) is 0.345. The lowest BCUT2D eigenvalue weighted by molar-refractivity contribution is -0.385. The third-order valence-corrected chi connectivity index (χ3v) is 7.45. The summed E-state index contributed by atoms with van der Waals surface area (Å²) in [7, 11) is 0. The Morgan fingerprint density at radius 3 is 2.33 bits per heavy atom. The molecular formula is C26H22N6O6S. The maximum Gasteiger partial charge on any atom is 0.274 e. The van der Waals surface area contributed by atoms with E-state index >= 15 is 0 Å². The molecule has 1 amide bonds. The van der Waals surface area contributed by atoms with Crippen LogP contribution >= 0.6 is 11.3 Å². The van der Waals surface area contributed by atoms with Crippen molar-refractivity contribution >= 4 is 46.1 Å². The van der Waals surface area contributed by atoms with Crippen LogP contribution in [0, 0.1) is 31.6 Å². The van der Waals surface area contributed by atoms with Crippen LogP contribution in [0.25, 0.3) is 17.5 Å². The monoisotopic (exact) mass is 546 g/mol. The van der Waals surface area contributed by atoms with E-state index in [4.69, 9.17) is 5.73 Å². The molecule has 4 rings (SSSR count). The van der Waals surface area contributed by atoms with Crippen molar-refractivity contribution < 1.29 is 14.6 Å². The molecular weight excluding hydrogens is 524 g/mol. The van der Waals surface area contributed by atoms with E-state index in [1.54, 1.807) is 26.0 Å². The number of aromatic nitrogens is 1. The number of thiazole rings is 1. The van der Waals surface area contributed by atoms with Crippen molar-refractivity contribution in [1.29, 1.82) is 5.26 Å². The molecule has 1 unspecified atom stereocenters. The molecule has 2 aromatic carbocycles. The van der Waals surface area contributed by atoms with Gasteiger partial charge in [0.05, 0.1) is 37.5 Å². The fourth-order valence-electron chi connectivity index (χ4n) is 4.47. The Morgan fingerprint density at radius 2 is 1.74 bits per heavy atom. The van der Waals surface area contributed by atoms with Gasteiger partial charge in [-0.25, -0.2) is 0 Å². The first-order chi connectivity index (χ1) is 18.6. The summed E-state index contributed by atoms with van der Waals surface area (Å²) in [5.74, 6) is -1.71. The summed E-state index contributed by atoms with van der Waals surface area (Å²) in [4.78, 5) is 50.5. The van der Waals surface area contributed by atoms with Gasteiger partial charge in [-0.15, -0.1) is 11.3 Å². The molecule has 0 fully saturated rings. The van der Waals surface area contributed by atoms with Gasteiger partial charge in [-0.3, -0.25) is 34.4 Å². The van der Waals surface area contributed by atoms with E-state index in [0.29, 0.717) is 24.2 Å². The summed E-state index contributed by atoms with van der Waals surface area (Å²) in [6.45, 7) is 4.24. The standard InChI is InChI=1S/C26H22N6O6S/c1-3-29(4-2)25(34)22-21(16-8-6-10-18(13-16)32(37)38)19(14-27)23(28)30-24(33)20(39-26(22)30)12-15-7-5-9-17(11-15)31(35)36/h5-13,21H,3-4,28H2,1-2H3/b20-12+. The number of fused-ring (bicyclic) bond motifs is 1. The highest BCUT2D eigenvalue weighted by atomic mass is 32.1. The largest absolute Gasteiger partial charge is 0.384 e. The lowest BCUT2D eigenvalue weighted by atomic mass is 9.83. The lowest BCUT2D eigenvalue weighted by Crippen LogP contribution is -2.43. The number of hydrogen-bond donors (Lipinski definition) is 1. The number of carbonyl (C=O) groups excluding carboxylic acids is 1. The van der Waals surface area contributed by atoms with Gasteiger partial charge in [-0.2, -0.15) is 5.26 Å². The zero-order valence-corrected chi connectivity index (χ0v) is 21.7. The van der Waals surface area contributed by atoms with Crippen molar-refractivity contribution in [2.75, 3.05) is 13.1 Å². The fraction of sp³-hybridized carbons (Fsp3) is 0.192. The molecule has 12 nitrogen and oxygen atoms in total. The second-order valence-corrected chi connectivity index (χ2v) is 9.53. The Balaban J connectivity index is 2.11. The highest BCUT2D eigenvalue weighted by molar-refractivity contribution is 7.07. The summed E-state index contributed by atoms with van der Waals surface area (Å²) in [6, 6.07) is 13.3. The van der Waals surface area contributed by atoms with Crippen molar-refractivity contribution in [3.05, 3.63) is 105 Å². The number of amides is 1. The molecule has 1 aliphatic heterocycles. The first-order valence-electron chi connectivity index (χ1n) is 11.8. The smallest absolute Gasteiger partial charge is 0.274 e. The van der Waals surface area contributed by atoms with Crippen molar-refractivity contribution in [3.63, 3.8) is 0 Å². The highest BCUT2D eigenvalue weighted by Crippen LogP contribution is 2.38. The molecule has 39 heavy (non-hydrogen) atoms. The number of carbonyl (C=O) groups is 1. The fourth-order valence-corrected chi connectivity index (χ4v) is 5.64. The normalized spacial score (nSPS) is 15.1. The lowest BCUT2D eigenvalue weighted by Gasteiger charge is -2.28. The predicted molar refractivity (Wildman–Crippen MR) is 145 cm³/mol. The number of nitrogens with two attached hydrogens (primary N) is 1.